The van der Waals surface area contributed by atoms with Crippen molar-refractivity contribution >= 4 is 11.6 Å². The first-order chi connectivity index (χ1) is 11.3. The van der Waals surface area contributed by atoms with Gasteiger partial charge in [0.05, 0.1) is 12.2 Å². The summed E-state index contributed by atoms with van der Waals surface area (Å²) in [5, 5.41) is 9.12. The molecule has 1 aliphatic heterocycles. The molecule has 23 heavy (non-hydrogen) atoms. The van der Waals surface area contributed by atoms with Gasteiger partial charge in [-0.25, -0.2) is 0 Å². The van der Waals surface area contributed by atoms with Gasteiger partial charge in [0.15, 0.2) is 0 Å². The lowest BCUT2D eigenvalue weighted by atomic mass is 10.0. The molecule has 0 spiro atoms. The van der Waals surface area contributed by atoms with Crippen LogP contribution < -0.4 is 5.32 Å². The van der Waals surface area contributed by atoms with E-state index in [9.17, 15) is 0 Å². The highest BCUT2D eigenvalue weighted by atomic mass is 35.5. The summed E-state index contributed by atoms with van der Waals surface area (Å²) in [4.78, 5) is 4.10. The number of hydrogen-bond acceptors (Lipinski definition) is 3. The number of benzene rings is 1. The summed E-state index contributed by atoms with van der Waals surface area (Å²) >= 11 is 6.32. The van der Waals surface area contributed by atoms with Crippen molar-refractivity contribution in [1.82, 2.24) is 20.1 Å². The molecule has 0 fully saturated rings. The lowest BCUT2D eigenvalue weighted by Crippen LogP contribution is -2.25. The van der Waals surface area contributed by atoms with Crippen molar-refractivity contribution in [3.8, 4) is 11.3 Å². The van der Waals surface area contributed by atoms with E-state index in [0.717, 1.165) is 41.4 Å². The zero-order valence-electron chi connectivity index (χ0n) is 12.7. The van der Waals surface area contributed by atoms with E-state index in [1.165, 1.54) is 11.3 Å². The monoisotopic (exact) mass is 324 g/mol. The van der Waals surface area contributed by atoms with Gasteiger partial charge in [0.25, 0.3) is 0 Å². The Balaban J connectivity index is 1.79. The Labute approximate surface area is 140 Å². The minimum Gasteiger partial charge on any atom is -0.312 e. The average Bonchev–Trinajstić information content (AvgIpc) is 2.97. The number of fused-ring (bicyclic) bond motifs is 1. The van der Waals surface area contributed by atoms with Crippen LogP contribution in [0.4, 0.5) is 0 Å². The molecule has 4 rings (SSSR count). The second-order valence-electron chi connectivity index (χ2n) is 5.69. The molecular weight excluding hydrogens is 308 g/mol. The van der Waals surface area contributed by atoms with Crippen LogP contribution in [0.3, 0.4) is 0 Å². The van der Waals surface area contributed by atoms with Gasteiger partial charge in [-0.2, -0.15) is 5.10 Å². The molecule has 3 aromatic rings. The third-order valence-electron chi connectivity index (χ3n) is 4.24. The molecule has 1 aliphatic rings. The van der Waals surface area contributed by atoms with Gasteiger partial charge in [-0.3, -0.25) is 9.67 Å². The number of aromatic nitrogens is 3. The van der Waals surface area contributed by atoms with Crippen LogP contribution in [0.1, 0.15) is 16.8 Å². The number of rotatable bonds is 3. The van der Waals surface area contributed by atoms with Crippen LogP contribution in [0, 0.1) is 0 Å². The van der Waals surface area contributed by atoms with E-state index >= 15 is 0 Å². The van der Waals surface area contributed by atoms with Crippen LogP contribution in [0.2, 0.25) is 5.02 Å². The normalized spacial score (nSPS) is 13.8. The summed E-state index contributed by atoms with van der Waals surface area (Å²) in [5.41, 5.74) is 5.84. The van der Waals surface area contributed by atoms with Crippen molar-refractivity contribution in [3.05, 3.63) is 70.6 Å². The maximum absolute atomic E-state index is 6.32. The minimum atomic E-state index is 0.701. The predicted octanol–water partition coefficient (Wildman–Crippen LogP) is 3.29. The number of nitrogens with zero attached hydrogens (tertiary/aromatic N) is 3. The Kier molecular flexibility index (Phi) is 3.85. The molecule has 1 aromatic carbocycles. The standard InChI is InChI=1S/C18H17ClN4/c19-16-4-2-1-3-14(16)12-23-17-7-10-21-11-15(17)18(22-23)13-5-8-20-9-6-13/h1-6,8-9,21H,7,10-12H2. The molecule has 116 valence electrons. The first-order valence-corrected chi connectivity index (χ1v) is 8.14. The SMILES string of the molecule is Clc1ccccc1Cn1nc(-c2ccncc2)c2c1CCNC2. The van der Waals surface area contributed by atoms with Gasteiger partial charge in [0, 0.05) is 53.7 Å². The fraction of sp³-hybridized carbons (Fsp3) is 0.222. The van der Waals surface area contributed by atoms with E-state index in [1.807, 2.05) is 42.7 Å². The van der Waals surface area contributed by atoms with Crippen molar-refractivity contribution in [2.75, 3.05) is 6.54 Å². The molecule has 0 aliphatic carbocycles. The number of nitrogens with one attached hydrogen (secondary N) is 1. The van der Waals surface area contributed by atoms with Crippen molar-refractivity contribution in [2.45, 2.75) is 19.5 Å². The summed E-state index contributed by atoms with van der Waals surface area (Å²) in [6, 6.07) is 12.0. The molecular formula is C18H17ClN4. The minimum absolute atomic E-state index is 0.701. The fourth-order valence-electron chi connectivity index (χ4n) is 3.08. The lowest BCUT2D eigenvalue weighted by Gasteiger charge is -2.16. The zero-order valence-corrected chi connectivity index (χ0v) is 13.4. The van der Waals surface area contributed by atoms with E-state index in [1.54, 1.807) is 0 Å². The van der Waals surface area contributed by atoms with Gasteiger partial charge in [0.2, 0.25) is 0 Å². The van der Waals surface area contributed by atoms with Crippen LogP contribution in [0.15, 0.2) is 48.8 Å². The summed E-state index contributed by atoms with van der Waals surface area (Å²) in [5.74, 6) is 0. The molecule has 0 atom stereocenters. The van der Waals surface area contributed by atoms with Crippen molar-refractivity contribution in [2.24, 2.45) is 0 Å². The second kappa shape index (κ2) is 6.14. The largest absolute Gasteiger partial charge is 0.312 e. The molecule has 0 saturated carbocycles. The molecule has 0 bridgehead atoms. The van der Waals surface area contributed by atoms with E-state index in [0.29, 0.717) is 6.54 Å². The molecule has 4 nitrogen and oxygen atoms in total. The Bertz CT molecular complexity index is 826. The molecule has 0 amide bonds. The smallest absolute Gasteiger partial charge is 0.0972 e. The molecule has 5 heteroatoms. The van der Waals surface area contributed by atoms with Gasteiger partial charge in [-0.1, -0.05) is 29.8 Å². The zero-order chi connectivity index (χ0) is 15.6. The first kappa shape index (κ1) is 14.4. The second-order valence-corrected chi connectivity index (χ2v) is 6.09. The number of halogens is 1. The summed E-state index contributed by atoms with van der Waals surface area (Å²) in [7, 11) is 0. The molecule has 0 radical (unpaired) electrons. The Morgan fingerprint density at radius 2 is 1.96 bits per heavy atom. The van der Waals surface area contributed by atoms with Crippen molar-refractivity contribution < 1.29 is 0 Å². The first-order valence-electron chi connectivity index (χ1n) is 7.76. The van der Waals surface area contributed by atoms with Crippen molar-refractivity contribution in [3.63, 3.8) is 0 Å². The van der Waals surface area contributed by atoms with Crippen molar-refractivity contribution in [1.29, 1.82) is 0 Å². The highest BCUT2D eigenvalue weighted by Gasteiger charge is 2.21. The Morgan fingerprint density at radius 1 is 1.13 bits per heavy atom. The van der Waals surface area contributed by atoms with Gasteiger partial charge >= 0.3 is 0 Å². The Hall–Kier alpha value is -2.17. The summed E-state index contributed by atoms with van der Waals surface area (Å²) < 4.78 is 2.10. The van der Waals surface area contributed by atoms with Crippen LogP contribution in [0.25, 0.3) is 11.3 Å². The number of hydrogen-bond donors (Lipinski definition) is 1. The lowest BCUT2D eigenvalue weighted by molar-refractivity contribution is 0.582. The van der Waals surface area contributed by atoms with Crippen LogP contribution in [-0.2, 0) is 19.5 Å². The topological polar surface area (TPSA) is 42.7 Å². The van der Waals surface area contributed by atoms with Gasteiger partial charge in [0.1, 0.15) is 0 Å². The van der Waals surface area contributed by atoms with Gasteiger partial charge in [-0.05, 0) is 23.8 Å². The third-order valence-corrected chi connectivity index (χ3v) is 4.61. The maximum atomic E-state index is 6.32. The Morgan fingerprint density at radius 3 is 2.78 bits per heavy atom. The highest BCUT2D eigenvalue weighted by molar-refractivity contribution is 6.31. The van der Waals surface area contributed by atoms with E-state index in [2.05, 4.69) is 21.0 Å². The quantitative estimate of drug-likeness (QED) is 0.804. The van der Waals surface area contributed by atoms with E-state index < -0.39 is 0 Å². The maximum Gasteiger partial charge on any atom is 0.0972 e. The summed E-state index contributed by atoms with van der Waals surface area (Å²) in [6.07, 6.45) is 4.61. The molecule has 0 saturated heterocycles. The number of pyridine rings is 1. The molecule has 1 N–H and O–H groups in total. The van der Waals surface area contributed by atoms with E-state index in [-0.39, 0.29) is 0 Å². The van der Waals surface area contributed by atoms with E-state index in [4.69, 9.17) is 16.7 Å². The third kappa shape index (κ3) is 2.76. The van der Waals surface area contributed by atoms with Gasteiger partial charge < -0.3 is 5.32 Å². The molecule has 0 unspecified atom stereocenters. The highest BCUT2D eigenvalue weighted by Crippen LogP contribution is 2.28. The van der Waals surface area contributed by atoms with Crippen LogP contribution in [0.5, 0.6) is 0 Å². The fourth-order valence-corrected chi connectivity index (χ4v) is 3.28. The summed E-state index contributed by atoms with van der Waals surface area (Å²) in [6.45, 7) is 2.54. The van der Waals surface area contributed by atoms with Crippen LogP contribution in [-0.4, -0.2) is 21.3 Å². The predicted molar refractivity (Wildman–Crippen MR) is 91.4 cm³/mol. The van der Waals surface area contributed by atoms with Crippen LogP contribution >= 0.6 is 11.6 Å². The van der Waals surface area contributed by atoms with Gasteiger partial charge in [-0.15, -0.1) is 0 Å². The average molecular weight is 325 g/mol. The molecule has 3 heterocycles. The molecule has 2 aromatic heterocycles.